The Morgan fingerprint density at radius 3 is 2.80 bits per heavy atom. The van der Waals surface area contributed by atoms with Crippen LogP contribution >= 0.6 is 0 Å². The maximum atomic E-state index is 12.2. The van der Waals surface area contributed by atoms with Crippen molar-refractivity contribution in [3.05, 3.63) is 29.8 Å². The number of aromatic carboxylic acids is 1. The molecule has 2 amide bonds. The number of nitrogens with one attached hydrogen (secondary N) is 1. The molecule has 1 aromatic rings. The lowest BCUT2D eigenvalue weighted by molar-refractivity contribution is 0.0697. The highest BCUT2D eigenvalue weighted by Gasteiger charge is 2.32. The zero-order chi connectivity index (χ0) is 14.5. The molecule has 0 saturated heterocycles. The topological polar surface area (TPSA) is 78.9 Å². The largest absolute Gasteiger partial charge is 0.478 e. The molecule has 0 radical (unpaired) electrons. The van der Waals surface area contributed by atoms with Crippen molar-refractivity contribution in [2.75, 3.05) is 25.6 Å². The van der Waals surface area contributed by atoms with Crippen molar-refractivity contribution < 1.29 is 19.4 Å². The van der Waals surface area contributed by atoms with E-state index in [4.69, 9.17) is 9.84 Å². The van der Waals surface area contributed by atoms with Gasteiger partial charge in [0.15, 0.2) is 0 Å². The van der Waals surface area contributed by atoms with Gasteiger partial charge in [0.1, 0.15) is 0 Å². The van der Waals surface area contributed by atoms with Gasteiger partial charge in [-0.25, -0.2) is 9.59 Å². The minimum absolute atomic E-state index is 0.151. The quantitative estimate of drug-likeness (QED) is 0.834. The molecule has 0 aromatic heterocycles. The van der Waals surface area contributed by atoms with Crippen LogP contribution in [0, 0.1) is 0 Å². The monoisotopic (exact) mass is 278 g/mol. The lowest BCUT2D eigenvalue weighted by Gasteiger charge is -2.22. The number of hydrogen-bond donors (Lipinski definition) is 2. The van der Waals surface area contributed by atoms with Crippen LogP contribution in [0.1, 0.15) is 23.2 Å². The molecule has 2 rings (SSSR count). The van der Waals surface area contributed by atoms with E-state index in [1.54, 1.807) is 24.1 Å². The first-order chi connectivity index (χ1) is 9.61. The predicted molar refractivity (Wildman–Crippen MR) is 74.0 cm³/mol. The van der Waals surface area contributed by atoms with E-state index >= 15 is 0 Å². The lowest BCUT2D eigenvalue weighted by atomic mass is 10.2. The summed E-state index contributed by atoms with van der Waals surface area (Å²) in [5.74, 6) is -1.01. The Morgan fingerprint density at radius 1 is 1.45 bits per heavy atom. The molecule has 0 bridgehead atoms. The molecular weight excluding hydrogens is 260 g/mol. The molecule has 0 aliphatic heterocycles. The highest BCUT2D eigenvalue weighted by Crippen LogP contribution is 2.27. The summed E-state index contributed by atoms with van der Waals surface area (Å²) in [5, 5.41) is 11.7. The number of carbonyl (C=O) groups is 2. The number of methoxy groups -OCH3 is 1. The van der Waals surface area contributed by atoms with Crippen molar-refractivity contribution >= 4 is 17.7 Å². The number of urea groups is 1. The summed E-state index contributed by atoms with van der Waals surface area (Å²) in [6.07, 6.45) is 2.01. The number of carbonyl (C=O) groups excluding carboxylic acids is 1. The molecule has 6 heteroatoms. The van der Waals surface area contributed by atoms with Crippen LogP contribution in [0.5, 0.6) is 0 Å². The van der Waals surface area contributed by atoms with Crippen LogP contribution in [-0.4, -0.2) is 48.3 Å². The Bertz CT molecular complexity index is 500. The van der Waals surface area contributed by atoms with E-state index in [-0.39, 0.29) is 17.6 Å². The number of carboxylic acid groups (broad SMARTS) is 1. The van der Waals surface area contributed by atoms with Crippen LogP contribution in [0.3, 0.4) is 0 Å². The number of rotatable bonds is 6. The predicted octanol–water partition coefficient (Wildman–Crippen LogP) is 2.03. The number of amides is 2. The van der Waals surface area contributed by atoms with Gasteiger partial charge in [-0.05, 0) is 31.0 Å². The van der Waals surface area contributed by atoms with E-state index in [1.807, 2.05) is 0 Å². The first-order valence-corrected chi connectivity index (χ1v) is 6.51. The van der Waals surface area contributed by atoms with Crippen LogP contribution in [-0.2, 0) is 4.74 Å². The third kappa shape index (κ3) is 3.71. The fourth-order valence-corrected chi connectivity index (χ4v) is 1.95. The van der Waals surface area contributed by atoms with Crippen LogP contribution in [0.15, 0.2) is 24.3 Å². The third-order valence-electron chi connectivity index (χ3n) is 3.15. The summed E-state index contributed by atoms with van der Waals surface area (Å²) in [6.45, 7) is 1.02. The van der Waals surface area contributed by atoms with Crippen LogP contribution in [0.2, 0.25) is 0 Å². The van der Waals surface area contributed by atoms with Gasteiger partial charge in [-0.15, -0.1) is 0 Å². The van der Waals surface area contributed by atoms with E-state index < -0.39 is 5.97 Å². The fraction of sp³-hybridized carbons (Fsp3) is 0.429. The fourth-order valence-electron chi connectivity index (χ4n) is 1.95. The standard InChI is InChI=1S/C14H18N2O4/c1-20-8-7-16(12-5-6-12)14(19)15-11-4-2-3-10(9-11)13(17)18/h2-4,9,12H,5-8H2,1H3,(H,15,19)(H,17,18). The van der Waals surface area contributed by atoms with Gasteiger partial charge in [0, 0.05) is 25.4 Å². The molecule has 108 valence electrons. The Hall–Kier alpha value is -2.08. The third-order valence-corrected chi connectivity index (χ3v) is 3.15. The van der Waals surface area contributed by atoms with Crippen LogP contribution < -0.4 is 5.32 Å². The molecule has 2 N–H and O–H groups in total. The van der Waals surface area contributed by atoms with Gasteiger partial charge in [-0.2, -0.15) is 0 Å². The smallest absolute Gasteiger partial charge is 0.335 e. The molecule has 1 aliphatic rings. The summed E-state index contributed by atoms with van der Waals surface area (Å²) >= 11 is 0. The summed E-state index contributed by atoms with van der Waals surface area (Å²) in [7, 11) is 1.60. The Labute approximate surface area is 117 Å². The molecule has 6 nitrogen and oxygen atoms in total. The number of anilines is 1. The van der Waals surface area contributed by atoms with Crippen molar-refractivity contribution in [3.8, 4) is 0 Å². The molecular formula is C14H18N2O4. The van der Waals surface area contributed by atoms with Crippen molar-refractivity contribution in [1.82, 2.24) is 4.90 Å². The number of nitrogens with zero attached hydrogens (tertiary/aromatic N) is 1. The average Bonchev–Trinajstić information content (AvgIpc) is 3.24. The van der Waals surface area contributed by atoms with E-state index in [0.717, 1.165) is 12.8 Å². The SMILES string of the molecule is COCCN(C(=O)Nc1cccc(C(=O)O)c1)C1CC1. The number of benzene rings is 1. The Morgan fingerprint density at radius 2 is 2.20 bits per heavy atom. The molecule has 0 atom stereocenters. The van der Waals surface area contributed by atoms with E-state index in [9.17, 15) is 9.59 Å². The van der Waals surface area contributed by atoms with Gasteiger partial charge in [0.25, 0.3) is 0 Å². The van der Waals surface area contributed by atoms with Gasteiger partial charge in [-0.1, -0.05) is 6.07 Å². The highest BCUT2D eigenvalue weighted by molar-refractivity contribution is 5.93. The molecule has 0 unspecified atom stereocenters. The maximum Gasteiger partial charge on any atom is 0.335 e. The van der Waals surface area contributed by atoms with Crippen molar-refractivity contribution in [2.45, 2.75) is 18.9 Å². The second-order valence-electron chi connectivity index (χ2n) is 4.73. The lowest BCUT2D eigenvalue weighted by Crippen LogP contribution is -2.39. The van der Waals surface area contributed by atoms with Gasteiger partial charge < -0.3 is 20.1 Å². The second kappa shape index (κ2) is 6.38. The molecule has 20 heavy (non-hydrogen) atoms. The summed E-state index contributed by atoms with van der Waals surface area (Å²) in [4.78, 5) is 24.8. The normalized spacial score (nSPS) is 13.8. The zero-order valence-corrected chi connectivity index (χ0v) is 11.3. The average molecular weight is 278 g/mol. The van der Waals surface area contributed by atoms with E-state index in [1.165, 1.54) is 12.1 Å². The maximum absolute atomic E-state index is 12.2. The van der Waals surface area contributed by atoms with Crippen molar-refractivity contribution in [3.63, 3.8) is 0 Å². The highest BCUT2D eigenvalue weighted by atomic mass is 16.5. The zero-order valence-electron chi connectivity index (χ0n) is 11.3. The summed E-state index contributed by atoms with van der Waals surface area (Å²) < 4.78 is 5.00. The van der Waals surface area contributed by atoms with Gasteiger partial charge in [0.2, 0.25) is 0 Å². The Kier molecular flexibility index (Phi) is 4.57. The van der Waals surface area contributed by atoms with Crippen LogP contribution in [0.4, 0.5) is 10.5 Å². The number of hydrogen-bond acceptors (Lipinski definition) is 3. The van der Waals surface area contributed by atoms with E-state index in [2.05, 4.69) is 5.32 Å². The van der Waals surface area contributed by atoms with Crippen LogP contribution in [0.25, 0.3) is 0 Å². The van der Waals surface area contributed by atoms with Crippen molar-refractivity contribution in [2.24, 2.45) is 0 Å². The number of ether oxygens (including phenoxy) is 1. The van der Waals surface area contributed by atoms with Gasteiger partial charge in [0.05, 0.1) is 12.2 Å². The summed E-state index contributed by atoms with van der Waals surface area (Å²) in [5.41, 5.74) is 0.635. The first kappa shape index (κ1) is 14.3. The molecule has 0 spiro atoms. The second-order valence-corrected chi connectivity index (χ2v) is 4.73. The van der Waals surface area contributed by atoms with Crippen molar-refractivity contribution in [1.29, 1.82) is 0 Å². The molecule has 0 heterocycles. The van der Waals surface area contributed by atoms with Gasteiger partial charge in [-0.3, -0.25) is 0 Å². The Balaban J connectivity index is 2.01. The molecule has 1 saturated carbocycles. The summed E-state index contributed by atoms with van der Waals surface area (Å²) in [6, 6.07) is 6.27. The molecule has 1 aliphatic carbocycles. The minimum Gasteiger partial charge on any atom is -0.478 e. The minimum atomic E-state index is -1.01. The van der Waals surface area contributed by atoms with E-state index in [0.29, 0.717) is 18.8 Å². The molecule has 1 aromatic carbocycles. The first-order valence-electron chi connectivity index (χ1n) is 6.51. The molecule has 1 fully saturated rings. The number of carboxylic acids is 1. The van der Waals surface area contributed by atoms with Gasteiger partial charge >= 0.3 is 12.0 Å².